The van der Waals surface area contributed by atoms with Crippen molar-refractivity contribution < 1.29 is 4.79 Å². The number of pyridine rings is 1. The molecule has 0 saturated carbocycles. The molecule has 0 N–H and O–H groups in total. The van der Waals surface area contributed by atoms with Crippen molar-refractivity contribution >= 4 is 29.0 Å². The van der Waals surface area contributed by atoms with Crippen LogP contribution in [0.2, 0.25) is 10.0 Å². The van der Waals surface area contributed by atoms with Crippen LogP contribution in [0.5, 0.6) is 0 Å². The molecule has 6 heteroatoms. The molecule has 1 fully saturated rings. The summed E-state index contributed by atoms with van der Waals surface area (Å²) in [6.07, 6.45) is 1.08. The standard InChI is InChI=1S/C19H18Cl2N2O2/c20-14-4-5-15(16(21)7-14)18(24)11-22-8-12-6-13(10-22)17-2-1-3-19(25)23(17)9-12/h1-5,7,12-13H,6,8-11H2. The van der Waals surface area contributed by atoms with E-state index in [1.165, 1.54) is 0 Å². The van der Waals surface area contributed by atoms with Gasteiger partial charge in [0.15, 0.2) is 5.78 Å². The summed E-state index contributed by atoms with van der Waals surface area (Å²) >= 11 is 12.1. The van der Waals surface area contributed by atoms with Gasteiger partial charge in [0.25, 0.3) is 5.56 Å². The lowest BCUT2D eigenvalue weighted by atomic mass is 9.83. The van der Waals surface area contributed by atoms with Crippen LogP contribution in [0.25, 0.3) is 0 Å². The van der Waals surface area contributed by atoms with Crippen molar-refractivity contribution in [2.24, 2.45) is 5.92 Å². The lowest BCUT2D eigenvalue weighted by Crippen LogP contribution is -2.48. The lowest BCUT2D eigenvalue weighted by molar-refractivity contribution is 0.0817. The monoisotopic (exact) mass is 376 g/mol. The predicted molar refractivity (Wildman–Crippen MR) is 98.8 cm³/mol. The third-order valence-electron chi connectivity index (χ3n) is 5.15. The number of carbonyl (C=O) groups excluding carboxylic acids is 1. The lowest BCUT2D eigenvalue weighted by Gasteiger charge is -2.42. The fourth-order valence-corrected chi connectivity index (χ4v) is 4.64. The Morgan fingerprint density at radius 2 is 1.96 bits per heavy atom. The average molecular weight is 377 g/mol. The Morgan fingerprint density at radius 3 is 2.76 bits per heavy atom. The van der Waals surface area contributed by atoms with Crippen LogP contribution in [-0.4, -0.2) is 34.9 Å². The first kappa shape index (κ1) is 16.8. The van der Waals surface area contributed by atoms with Gasteiger partial charge in [-0.1, -0.05) is 29.3 Å². The Balaban J connectivity index is 1.53. The van der Waals surface area contributed by atoms with Gasteiger partial charge in [0.2, 0.25) is 0 Å². The Bertz CT molecular complexity index is 893. The van der Waals surface area contributed by atoms with E-state index in [2.05, 4.69) is 4.90 Å². The number of Topliss-reactive ketones (excluding diaryl/α,β-unsaturated/α-hetero) is 1. The molecule has 2 atom stereocenters. The Morgan fingerprint density at radius 1 is 1.12 bits per heavy atom. The molecule has 2 bridgehead atoms. The van der Waals surface area contributed by atoms with Crippen LogP contribution in [0.3, 0.4) is 0 Å². The Kier molecular flexibility index (Phi) is 4.44. The summed E-state index contributed by atoms with van der Waals surface area (Å²) < 4.78 is 1.90. The van der Waals surface area contributed by atoms with Crippen molar-refractivity contribution in [1.29, 1.82) is 0 Å². The fourth-order valence-electron chi connectivity index (χ4n) is 4.13. The molecular formula is C19H18Cl2N2O2. The molecule has 3 heterocycles. The summed E-state index contributed by atoms with van der Waals surface area (Å²) in [5.41, 5.74) is 1.67. The van der Waals surface area contributed by atoms with Crippen LogP contribution < -0.4 is 5.56 Å². The Labute approximate surface area is 156 Å². The summed E-state index contributed by atoms with van der Waals surface area (Å²) in [6, 6.07) is 10.5. The van der Waals surface area contributed by atoms with Crippen LogP contribution in [0.1, 0.15) is 28.4 Å². The highest BCUT2D eigenvalue weighted by Crippen LogP contribution is 2.35. The number of ketones is 1. The van der Waals surface area contributed by atoms with Gasteiger partial charge in [-0.05, 0) is 36.6 Å². The van der Waals surface area contributed by atoms with Crippen LogP contribution in [0, 0.1) is 5.92 Å². The van der Waals surface area contributed by atoms with Crippen LogP contribution in [0.15, 0.2) is 41.2 Å². The average Bonchev–Trinajstić information content (AvgIpc) is 2.55. The zero-order valence-electron chi connectivity index (χ0n) is 13.6. The molecule has 4 rings (SSSR count). The molecular weight excluding hydrogens is 359 g/mol. The molecule has 2 aliphatic heterocycles. The normalized spacial score (nSPS) is 22.5. The van der Waals surface area contributed by atoms with Gasteiger partial charge >= 0.3 is 0 Å². The number of hydrogen-bond acceptors (Lipinski definition) is 3. The molecule has 0 amide bonds. The van der Waals surface area contributed by atoms with Gasteiger partial charge in [-0.25, -0.2) is 0 Å². The number of likely N-dealkylation sites (tertiary alicyclic amines) is 1. The quantitative estimate of drug-likeness (QED) is 0.770. The molecule has 1 aromatic heterocycles. The largest absolute Gasteiger partial charge is 0.312 e. The highest BCUT2D eigenvalue weighted by molar-refractivity contribution is 6.36. The van der Waals surface area contributed by atoms with Crippen molar-refractivity contribution in [3.05, 3.63) is 68.1 Å². The molecule has 0 spiro atoms. The van der Waals surface area contributed by atoms with Gasteiger partial charge in [0, 0.05) is 47.9 Å². The number of piperidine rings is 1. The Hall–Kier alpha value is -1.62. The number of rotatable bonds is 3. The third kappa shape index (κ3) is 3.26. The van der Waals surface area contributed by atoms with Crippen molar-refractivity contribution in [3.8, 4) is 0 Å². The number of fused-ring (bicyclic) bond motifs is 4. The summed E-state index contributed by atoms with van der Waals surface area (Å²) in [5, 5.41) is 0.919. The van der Waals surface area contributed by atoms with Crippen molar-refractivity contribution in [2.75, 3.05) is 19.6 Å². The maximum absolute atomic E-state index is 12.6. The highest BCUT2D eigenvalue weighted by atomic mass is 35.5. The molecule has 0 radical (unpaired) electrons. The van der Waals surface area contributed by atoms with E-state index in [-0.39, 0.29) is 11.3 Å². The fraction of sp³-hybridized carbons (Fsp3) is 0.368. The number of aromatic nitrogens is 1. The van der Waals surface area contributed by atoms with Crippen LogP contribution >= 0.6 is 23.2 Å². The zero-order chi connectivity index (χ0) is 17.6. The third-order valence-corrected chi connectivity index (χ3v) is 5.70. The van der Waals surface area contributed by atoms with Crippen LogP contribution in [-0.2, 0) is 6.54 Å². The van der Waals surface area contributed by atoms with Gasteiger partial charge in [-0.3, -0.25) is 14.5 Å². The van der Waals surface area contributed by atoms with Gasteiger partial charge in [0.05, 0.1) is 11.6 Å². The summed E-state index contributed by atoms with van der Waals surface area (Å²) in [4.78, 5) is 26.9. The molecule has 2 aromatic rings. The van der Waals surface area contributed by atoms with Gasteiger partial charge < -0.3 is 4.57 Å². The highest BCUT2D eigenvalue weighted by Gasteiger charge is 2.35. The molecule has 2 aliphatic rings. The minimum Gasteiger partial charge on any atom is -0.312 e. The second kappa shape index (κ2) is 6.60. The van der Waals surface area contributed by atoms with Gasteiger partial charge in [-0.2, -0.15) is 0 Å². The molecule has 130 valence electrons. The van der Waals surface area contributed by atoms with E-state index in [0.717, 1.165) is 31.7 Å². The first-order chi connectivity index (χ1) is 12.0. The first-order valence-corrected chi connectivity index (χ1v) is 9.17. The molecule has 1 saturated heterocycles. The van der Waals surface area contributed by atoms with E-state index < -0.39 is 0 Å². The first-order valence-electron chi connectivity index (χ1n) is 8.41. The summed E-state index contributed by atoms with van der Waals surface area (Å²) in [6.45, 7) is 2.69. The second-order valence-electron chi connectivity index (χ2n) is 6.94. The van der Waals surface area contributed by atoms with Crippen molar-refractivity contribution in [2.45, 2.75) is 18.9 Å². The van der Waals surface area contributed by atoms with E-state index >= 15 is 0 Å². The number of carbonyl (C=O) groups is 1. The van der Waals surface area contributed by atoms with E-state index in [1.807, 2.05) is 16.7 Å². The minimum atomic E-state index is 0.00657. The number of benzene rings is 1. The van der Waals surface area contributed by atoms with Crippen molar-refractivity contribution in [1.82, 2.24) is 9.47 Å². The topological polar surface area (TPSA) is 42.3 Å². The van der Waals surface area contributed by atoms with E-state index in [1.54, 1.807) is 24.3 Å². The molecule has 25 heavy (non-hydrogen) atoms. The van der Waals surface area contributed by atoms with Crippen molar-refractivity contribution in [3.63, 3.8) is 0 Å². The predicted octanol–water partition coefficient (Wildman–Crippen LogP) is 3.46. The summed E-state index contributed by atoms with van der Waals surface area (Å²) in [5.74, 6) is 0.710. The maximum Gasteiger partial charge on any atom is 0.250 e. The molecule has 2 unspecified atom stereocenters. The SMILES string of the molecule is O=C(CN1CC2CC(C1)c1cccc(=O)n1C2)c1ccc(Cl)cc1Cl. The smallest absolute Gasteiger partial charge is 0.250 e. The molecule has 0 aliphatic carbocycles. The van der Waals surface area contributed by atoms with E-state index in [9.17, 15) is 9.59 Å². The van der Waals surface area contributed by atoms with E-state index in [0.29, 0.717) is 34.0 Å². The minimum absolute atomic E-state index is 0.00657. The van der Waals surface area contributed by atoms with Crippen LogP contribution in [0.4, 0.5) is 0 Å². The zero-order valence-corrected chi connectivity index (χ0v) is 15.1. The molecule has 1 aromatic carbocycles. The maximum atomic E-state index is 12.6. The number of hydrogen-bond donors (Lipinski definition) is 0. The number of halogens is 2. The molecule has 4 nitrogen and oxygen atoms in total. The van der Waals surface area contributed by atoms with Gasteiger partial charge in [-0.15, -0.1) is 0 Å². The van der Waals surface area contributed by atoms with E-state index in [4.69, 9.17) is 23.2 Å². The van der Waals surface area contributed by atoms with Gasteiger partial charge in [0.1, 0.15) is 0 Å². The summed E-state index contributed by atoms with van der Waals surface area (Å²) in [7, 11) is 0. The number of nitrogens with zero attached hydrogens (tertiary/aromatic N) is 2. The second-order valence-corrected chi connectivity index (χ2v) is 7.78.